The van der Waals surface area contributed by atoms with E-state index in [2.05, 4.69) is 46.4 Å². The number of hydrogen-bond donors (Lipinski definition) is 0. The molecule has 0 radical (unpaired) electrons. The maximum atomic E-state index is 6.51. The minimum absolute atomic E-state index is 0.00368. The molecule has 33 heavy (non-hydrogen) atoms. The molecule has 4 heterocycles. The first-order valence-corrected chi connectivity index (χ1v) is 11.0. The number of pyridine rings is 2. The Morgan fingerprint density at radius 1 is 0.515 bits per heavy atom. The molecule has 0 aliphatic carbocycles. The second kappa shape index (κ2) is 7.07. The first kappa shape index (κ1) is 18.2. The van der Waals surface area contributed by atoms with Crippen molar-refractivity contribution in [2.24, 2.45) is 0 Å². The van der Waals surface area contributed by atoms with Gasteiger partial charge in [-0.05, 0) is 59.5 Å². The van der Waals surface area contributed by atoms with Crippen LogP contribution in [0.25, 0.3) is 22.5 Å². The van der Waals surface area contributed by atoms with Crippen molar-refractivity contribution >= 4 is 23.1 Å². The van der Waals surface area contributed by atoms with Crippen molar-refractivity contribution in [1.29, 1.82) is 0 Å². The Balaban J connectivity index is 1.50. The highest BCUT2D eigenvalue weighted by molar-refractivity contribution is 6.98. The van der Waals surface area contributed by atoms with Crippen molar-refractivity contribution in [2.45, 2.75) is 0 Å². The summed E-state index contributed by atoms with van der Waals surface area (Å²) in [6.07, 6.45) is 3.62. The lowest BCUT2D eigenvalue weighted by molar-refractivity contribution is 0.466. The van der Waals surface area contributed by atoms with E-state index in [1.54, 1.807) is 0 Å². The van der Waals surface area contributed by atoms with Crippen LogP contribution in [0.1, 0.15) is 0 Å². The van der Waals surface area contributed by atoms with Crippen molar-refractivity contribution in [3.63, 3.8) is 0 Å². The average Bonchev–Trinajstić information content (AvgIpc) is 2.89. The zero-order chi connectivity index (χ0) is 21.8. The lowest BCUT2D eigenvalue weighted by atomic mass is 9.34. The number of nitrogens with zero attached hydrogens (tertiary/aromatic N) is 2. The number of fused-ring (bicyclic) bond motifs is 4. The van der Waals surface area contributed by atoms with Gasteiger partial charge in [0.1, 0.15) is 23.0 Å². The van der Waals surface area contributed by atoms with Gasteiger partial charge in [-0.15, -0.1) is 0 Å². The van der Waals surface area contributed by atoms with Gasteiger partial charge in [0.15, 0.2) is 0 Å². The maximum Gasteiger partial charge on any atom is 0.260 e. The van der Waals surface area contributed by atoms with Gasteiger partial charge in [-0.3, -0.25) is 9.97 Å². The van der Waals surface area contributed by atoms with Crippen molar-refractivity contribution in [3.8, 4) is 45.5 Å². The summed E-state index contributed by atoms with van der Waals surface area (Å²) in [5, 5.41) is 0. The van der Waals surface area contributed by atoms with Gasteiger partial charge >= 0.3 is 0 Å². The van der Waals surface area contributed by atoms with Crippen LogP contribution in [0.3, 0.4) is 0 Å². The third-order valence-electron chi connectivity index (χ3n) is 6.33. The summed E-state index contributed by atoms with van der Waals surface area (Å²) in [5.74, 6) is 3.34. The van der Waals surface area contributed by atoms with Crippen molar-refractivity contribution in [2.75, 3.05) is 0 Å². The van der Waals surface area contributed by atoms with E-state index in [0.717, 1.165) is 61.9 Å². The highest BCUT2D eigenvalue weighted by Crippen LogP contribution is 2.40. The fourth-order valence-corrected chi connectivity index (χ4v) is 4.92. The SMILES string of the molecule is c1ccc(-c2cccc3c2Oc2cccc4c2B3c2cccc(-c3ccccn3)c2O4)nc1. The van der Waals surface area contributed by atoms with Gasteiger partial charge < -0.3 is 9.47 Å². The highest BCUT2D eigenvalue weighted by atomic mass is 16.5. The summed E-state index contributed by atoms with van der Waals surface area (Å²) >= 11 is 0. The van der Waals surface area contributed by atoms with Gasteiger partial charge in [-0.1, -0.05) is 42.5 Å². The van der Waals surface area contributed by atoms with Crippen LogP contribution >= 0.6 is 0 Å². The minimum atomic E-state index is -0.00368. The van der Waals surface area contributed by atoms with Crippen molar-refractivity contribution in [3.05, 3.63) is 103 Å². The third kappa shape index (κ3) is 2.72. The predicted molar refractivity (Wildman–Crippen MR) is 131 cm³/mol. The summed E-state index contributed by atoms with van der Waals surface area (Å²) < 4.78 is 13.0. The molecule has 5 heteroatoms. The van der Waals surface area contributed by atoms with Crippen LogP contribution < -0.4 is 25.9 Å². The molecule has 154 valence electrons. The Bertz CT molecular complexity index is 1410. The largest absolute Gasteiger partial charge is 0.458 e. The Kier molecular flexibility index (Phi) is 3.90. The van der Waals surface area contributed by atoms with Gasteiger partial charge in [0.05, 0.1) is 11.4 Å². The van der Waals surface area contributed by atoms with E-state index in [1.165, 1.54) is 0 Å². The van der Waals surface area contributed by atoms with Crippen LogP contribution in [0.2, 0.25) is 0 Å². The van der Waals surface area contributed by atoms with E-state index < -0.39 is 0 Å². The predicted octanol–water partition coefficient (Wildman–Crippen LogP) is 4.54. The lowest BCUT2D eigenvalue weighted by Crippen LogP contribution is -2.57. The third-order valence-corrected chi connectivity index (χ3v) is 6.33. The molecule has 2 aromatic heterocycles. The fraction of sp³-hybridized carbons (Fsp3) is 0. The summed E-state index contributed by atoms with van der Waals surface area (Å²) in [4.78, 5) is 9.16. The first-order valence-electron chi connectivity index (χ1n) is 11.0. The highest BCUT2D eigenvalue weighted by Gasteiger charge is 2.41. The molecule has 0 atom stereocenters. The number of aromatic nitrogens is 2. The smallest absolute Gasteiger partial charge is 0.260 e. The summed E-state index contributed by atoms with van der Waals surface area (Å²) in [6, 6.07) is 30.5. The van der Waals surface area contributed by atoms with Gasteiger partial charge in [0.2, 0.25) is 0 Å². The molecule has 5 aromatic rings. The van der Waals surface area contributed by atoms with E-state index in [1.807, 2.05) is 67.0 Å². The number of benzene rings is 3. The zero-order valence-electron chi connectivity index (χ0n) is 17.6. The van der Waals surface area contributed by atoms with Crippen LogP contribution in [0.15, 0.2) is 103 Å². The fourth-order valence-electron chi connectivity index (χ4n) is 4.92. The quantitative estimate of drug-likeness (QED) is 0.383. The molecular weight excluding hydrogens is 407 g/mol. The molecule has 0 saturated carbocycles. The van der Waals surface area contributed by atoms with E-state index >= 15 is 0 Å². The van der Waals surface area contributed by atoms with Crippen LogP contribution in [-0.2, 0) is 0 Å². The van der Waals surface area contributed by atoms with Crippen molar-refractivity contribution < 1.29 is 9.47 Å². The molecule has 0 spiro atoms. The standard InChI is InChI=1S/C28H17BN2O2/c1-3-16-30-22(12-1)18-8-5-10-20-27(18)32-24-14-7-15-25-26(24)29(20)21-11-6-9-19(28(21)33-25)23-13-2-4-17-31-23/h1-17H. The second-order valence-corrected chi connectivity index (χ2v) is 8.18. The Hall–Kier alpha value is -4.38. The normalized spacial score (nSPS) is 12.7. The first-order chi connectivity index (χ1) is 16.4. The number of ether oxygens (including phenoxy) is 2. The Labute approximate surface area is 191 Å². The summed E-state index contributed by atoms with van der Waals surface area (Å²) in [5.41, 5.74) is 7.04. The molecule has 0 N–H and O–H groups in total. The van der Waals surface area contributed by atoms with E-state index in [9.17, 15) is 0 Å². The number of para-hydroxylation sites is 2. The van der Waals surface area contributed by atoms with E-state index in [-0.39, 0.29) is 6.71 Å². The van der Waals surface area contributed by atoms with Gasteiger partial charge in [0.25, 0.3) is 6.71 Å². The van der Waals surface area contributed by atoms with E-state index in [4.69, 9.17) is 9.47 Å². The van der Waals surface area contributed by atoms with Gasteiger partial charge in [-0.25, -0.2) is 0 Å². The lowest BCUT2D eigenvalue weighted by Gasteiger charge is -2.34. The van der Waals surface area contributed by atoms with E-state index in [0.29, 0.717) is 0 Å². The molecule has 2 aliphatic heterocycles. The molecule has 4 nitrogen and oxygen atoms in total. The molecule has 0 bridgehead atoms. The second-order valence-electron chi connectivity index (χ2n) is 8.18. The molecule has 2 aliphatic rings. The molecular formula is C28H17BN2O2. The molecule has 0 unspecified atom stereocenters. The average molecular weight is 424 g/mol. The summed E-state index contributed by atoms with van der Waals surface area (Å²) in [6.45, 7) is -0.00368. The van der Waals surface area contributed by atoms with Crippen LogP contribution in [0.5, 0.6) is 23.0 Å². The maximum absolute atomic E-state index is 6.51. The molecule has 0 saturated heterocycles. The molecule has 7 rings (SSSR count). The monoisotopic (exact) mass is 424 g/mol. The topological polar surface area (TPSA) is 44.2 Å². The molecule has 3 aromatic carbocycles. The zero-order valence-corrected chi connectivity index (χ0v) is 17.6. The molecule has 0 amide bonds. The van der Waals surface area contributed by atoms with Crippen LogP contribution in [-0.4, -0.2) is 16.7 Å². The van der Waals surface area contributed by atoms with Crippen molar-refractivity contribution in [1.82, 2.24) is 9.97 Å². The van der Waals surface area contributed by atoms with Crippen LogP contribution in [0.4, 0.5) is 0 Å². The summed E-state index contributed by atoms with van der Waals surface area (Å²) in [7, 11) is 0. The van der Waals surface area contributed by atoms with Crippen LogP contribution in [0, 0.1) is 0 Å². The number of rotatable bonds is 2. The molecule has 0 fully saturated rings. The minimum Gasteiger partial charge on any atom is -0.458 e. The number of hydrogen-bond acceptors (Lipinski definition) is 4. The Morgan fingerprint density at radius 3 is 1.52 bits per heavy atom. The van der Waals surface area contributed by atoms with Gasteiger partial charge in [-0.2, -0.15) is 0 Å². The van der Waals surface area contributed by atoms with Gasteiger partial charge in [0, 0.05) is 29.0 Å². The Morgan fingerprint density at radius 2 is 1.03 bits per heavy atom.